The molecule has 0 saturated carbocycles. The van der Waals surface area contributed by atoms with Crippen molar-refractivity contribution < 1.29 is 38.8 Å². The van der Waals surface area contributed by atoms with E-state index >= 15 is 0 Å². The number of carbonyl (C=O) groups is 3. The smallest absolute Gasteiger partial charge is 0.407 e. The molecule has 222 valence electrons. The molecule has 0 aliphatic carbocycles. The molecule has 3 atom stereocenters. The van der Waals surface area contributed by atoms with E-state index in [9.17, 15) is 34.7 Å². The summed E-state index contributed by atoms with van der Waals surface area (Å²) >= 11 is 3.04. The number of carboxylic acids is 1. The highest BCUT2D eigenvalue weighted by atomic mass is 32.2. The predicted octanol–water partition coefficient (Wildman–Crippen LogP) is 2.95. The molecule has 1 fully saturated rings. The van der Waals surface area contributed by atoms with Crippen molar-refractivity contribution in [3.63, 3.8) is 0 Å². The lowest BCUT2D eigenvalue weighted by molar-refractivity contribution is -0.729. The number of fused-ring (bicyclic) bond motifs is 2. The van der Waals surface area contributed by atoms with Crippen LogP contribution in [0, 0.1) is 23.0 Å². The van der Waals surface area contributed by atoms with Crippen LogP contribution in [-0.2, 0) is 27.5 Å². The summed E-state index contributed by atoms with van der Waals surface area (Å²) < 4.78 is 9.30. The van der Waals surface area contributed by atoms with Gasteiger partial charge < -0.3 is 25.2 Å². The van der Waals surface area contributed by atoms with Gasteiger partial charge in [-0.1, -0.05) is 23.1 Å². The number of aliphatic carboxylic acids is 1. The van der Waals surface area contributed by atoms with Gasteiger partial charge in [-0.2, -0.15) is 4.40 Å². The number of aliphatic hydroxyl groups excluding tert-OH is 1. The molecule has 0 bridgehead atoms. The standard InChI is InChI=1S/C27H29N5O8S2/c1-14-22(18-11-19-20(15(2)33)23(34)31(19)21(18)26(35)36)42-25-24(41-3)29(13-30(14)25)10-4-9-28-27(37)40-12-16-5-7-17(8-6-16)32(38)39/h5-8,13,15,19-20,33H,4,9-12H2,1-3H3,(H-,28,35,36,37)/p+1/t15-,19-,20-/m1/s1. The van der Waals surface area contributed by atoms with Crippen molar-refractivity contribution in [1.29, 1.82) is 0 Å². The molecule has 4 heterocycles. The SMILES string of the molecule is CSc1c2sc(C3=C(C(=O)O)N4C(=O)[C@H]([C@@H](C)O)[C@H]4C3)c(C)n2c[n+]1CCCNC(=O)OCc1ccc([N+](=O)[O-])cc1. The number of hydrogen-bond acceptors (Lipinski definition) is 9. The van der Waals surface area contributed by atoms with Crippen LogP contribution in [0.15, 0.2) is 41.3 Å². The first-order chi connectivity index (χ1) is 20.0. The zero-order valence-electron chi connectivity index (χ0n) is 23.1. The third kappa shape index (κ3) is 5.23. The van der Waals surface area contributed by atoms with E-state index in [0.29, 0.717) is 37.1 Å². The van der Waals surface area contributed by atoms with Crippen molar-refractivity contribution >= 4 is 57.2 Å². The molecular formula is C27H30N5O8S2+. The molecule has 13 nitrogen and oxygen atoms in total. The topological polar surface area (TPSA) is 168 Å². The average Bonchev–Trinajstić information content (AvgIpc) is 3.57. The fraction of sp³-hybridized carbons (Fsp3) is 0.407. The number of carboxylic acid groups (broad SMARTS) is 1. The minimum Gasteiger partial charge on any atom is -0.477 e. The molecule has 2 amide bonds. The van der Waals surface area contributed by atoms with Crippen LogP contribution in [0.5, 0.6) is 0 Å². The normalized spacial score (nSPS) is 18.7. The summed E-state index contributed by atoms with van der Waals surface area (Å²) in [6.45, 7) is 4.47. The molecule has 1 aromatic carbocycles. The van der Waals surface area contributed by atoms with E-state index in [1.54, 1.807) is 18.7 Å². The maximum atomic E-state index is 12.6. The first-order valence-electron chi connectivity index (χ1n) is 13.2. The van der Waals surface area contributed by atoms with E-state index in [0.717, 1.165) is 20.4 Å². The number of aryl methyl sites for hydroxylation is 2. The number of hydrogen-bond donors (Lipinski definition) is 3. The van der Waals surface area contributed by atoms with Crippen molar-refractivity contribution in [3.8, 4) is 0 Å². The number of rotatable bonds is 11. The van der Waals surface area contributed by atoms with Gasteiger partial charge in [0.2, 0.25) is 15.8 Å². The Kier molecular flexibility index (Phi) is 8.25. The first kappa shape index (κ1) is 29.5. The van der Waals surface area contributed by atoms with Crippen LogP contribution in [0.1, 0.15) is 35.9 Å². The zero-order chi connectivity index (χ0) is 30.3. The van der Waals surface area contributed by atoms with E-state index in [1.807, 2.05) is 23.9 Å². The average molecular weight is 617 g/mol. The van der Waals surface area contributed by atoms with Crippen LogP contribution in [-0.4, -0.2) is 67.4 Å². The summed E-state index contributed by atoms with van der Waals surface area (Å²) in [5.74, 6) is -2.10. The van der Waals surface area contributed by atoms with Crippen LogP contribution in [0.4, 0.5) is 10.5 Å². The predicted molar refractivity (Wildman–Crippen MR) is 153 cm³/mol. The Morgan fingerprint density at radius 2 is 2.05 bits per heavy atom. The van der Waals surface area contributed by atoms with Crippen molar-refractivity contribution in [2.75, 3.05) is 12.8 Å². The summed E-state index contributed by atoms with van der Waals surface area (Å²) in [4.78, 5) is 50.3. The first-order valence-corrected chi connectivity index (χ1v) is 15.3. The van der Waals surface area contributed by atoms with Gasteiger partial charge in [0.1, 0.15) is 18.0 Å². The number of β-lactam (4-membered cyclic amide) rings is 1. The lowest BCUT2D eigenvalue weighted by Gasteiger charge is -2.44. The number of imidazole rings is 1. The zero-order valence-corrected chi connectivity index (χ0v) is 24.7. The van der Waals surface area contributed by atoms with Crippen molar-refractivity contribution in [3.05, 3.63) is 62.5 Å². The Bertz CT molecular complexity index is 1610. The van der Waals surface area contributed by atoms with Crippen molar-refractivity contribution in [2.45, 2.75) is 57.0 Å². The van der Waals surface area contributed by atoms with E-state index in [2.05, 4.69) is 9.88 Å². The number of carbonyl (C=O) groups excluding carboxylic acids is 2. The van der Waals surface area contributed by atoms with Gasteiger partial charge >= 0.3 is 12.1 Å². The Hall–Kier alpha value is -3.95. The summed E-state index contributed by atoms with van der Waals surface area (Å²) in [6, 6.07) is 5.44. The number of aliphatic hydroxyl groups is 1. The number of amides is 2. The minimum atomic E-state index is -1.15. The van der Waals surface area contributed by atoms with E-state index < -0.39 is 29.0 Å². The minimum absolute atomic E-state index is 0.000352. The number of nitrogens with zero attached hydrogens (tertiary/aromatic N) is 4. The number of nitrogens with one attached hydrogen (secondary N) is 1. The number of non-ortho nitro benzene ring substituents is 1. The highest BCUT2D eigenvalue weighted by Crippen LogP contribution is 2.49. The number of nitro benzene ring substituents is 1. The molecule has 1 saturated heterocycles. The van der Waals surface area contributed by atoms with Gasteiger partial charge in [0.25, 0.3) is 12.0 Å². The second-order valence-electron chi connectivity index (χ2n) is 10.2. The maximum Gasteiger partial charge on any atom is 0.407 e. The Morgan fingerprint density at radius 1 is 1.33 bits per heavy atom. The van der Waals surface area contributed by atoms with Gasteiger partial charge in [-0.25, -0.2) is 14.2 Å². The molecule has 42 heavy (non-hydrogen) atoms. The fourth-order valence-corrected chi connectivity index (χ4v) is 7.80. The second kappa shape index (κ2) is 11.7. The van der Waals surface area contributed by atoms with Gasteiger partial charge in [0.05, 0.1) is 34.4 Å². The second-order valence-corrected chi connectivity index (χ2v) is 12.0. The fourth-order valence-electron chi connectivity index (χ4n) is 5.55. The molecule has 2 aromatic heterocycles. The monoisotopic (exact) mass is 616 g/mol. The highest BCUT2D eigenvalue weighted by Gasteiger charge is 2.57. The number of thioether (sulfide) groups is 1. The largest absolute Gasteiger partial charge is 0.477 e. The Balaban J connectivity index is 1.23. The molecule has 0 unspecified atom stereocenters. The van der Waals surface area contributed by atoms with Gasteiger partial charge in [-0.05, 0) is 44.2 Å². The summed E-state index contributed by atoms with van der Waals surface area (Å²) in [6.07, 6.45) is 3.50. The Morgan fingerprint density at radius 3 is 2.67 bits per heavy atom. The van der Waals surface area contributed by atoms with Crippen LogP contribution in [0.3, 0.4) is 0 Å². The molecule has 0 spiro atoms. The highest BCUT2D eigenvalue weighted by molar-refractivity contribution is 7.98. The number of alkyl carbamates (subject to hydrolysis) is 1. The lowest BCUT2D eigenvalue weighted by atomic mass is 9.83. The van der Waals surface area contributed by atoms with Crippen LogP contribution < -0.4 is 9.88 Å². The van der Waals surface area contributed by atoms with E-state index in [1.165, 1.54) is 40.5 Å². The van der Waals surface area contributed by atoms with Gasteiger partial charge in [0.15, 0.2) is 0 Å². The summed E-state index contributed by atoms with van der Waals surface area (Å²) in [5, 5.41) is 34.5. The molecule has 0 radical (unpaired) electrons. The molecule has 3 N–H and O–H groups in total. The van der Waals surface area contributed by atoms with E-state index in [-0.39, 0.29) is 29.9 Å². The van der Waals surface area contributed by atoms with Crippen molar-refractivity contribution in [2.24, 2.45) is 5.92 Å². The number of nitro groups is 1. The van der Waals surface area contributed by atoms with Crippen LogP contribution >= 0.6 is 23.1 Å². The summed E-state index contributed by atoms with van der Waals surface area (Å²) in [7, 11) is 0. The maximum absolute atomic E-state index is 12.6. The van der Waals surface area contributed by atoms with E-state index in [4.69, 9.17) is 4.74 Å². The van der Waals surface area contributed by atoms with Crippen LogP contribution in [0.2, 0.25) is 0 Å². The molecule has 3 aromatic rings. The van der Waals surface area contributed by atoms with Crippen LogP contribution in [0.25, 0.3) is 10.4 Å². The number of benzene rings is 1. The lowest BCUT2D eigenvalue weighted by Crippen LogP contribution is -2.61. The van der Waals surface area contributed by atoms with Gasteiger partial charge in [-0.15, -0.1) is 0 Å². The quantitative estimate of drug-likeness (QED) is 0.0733. The molecule has 2 aliphatic heterocycles. The molecular weight excluding hydrogens is 586 g/mol. The number of thiazole rings is 1. The number of ether oxygens (including phenoxy) is 1. The third-order valence-electron chi connectivity index (χ3n) is 7.57. The molecule has 2 aliphatic rings. The van der Waals surface area contributed by atoms with Crippen molar-refractivity contribution in [1.82, 2.24) is 14.6 Å². The number of aromatic nitrogens is 2. The van der Waals surface area contributed by atoms with Gasteiger partial charge in [0, 0.05) is 30.7 Å². The van der Waals surface area contributed by atoms with Gasteiger partial charge in [-0.3, -0.25) is 14.9 Å². The molecule has 15 heteroatoms. The third-order valence-corrected chi connectivity index (χ3v) is 9.84. The summed E-state index contributed by atoms with van der Waals surface area (Å²) in [5.41, 5.74) is 2.09. The Labute approximate surface area is 248 Å². The molecule has 5 rings (SSSR count).